The van der Waals surface area contributed by atoms with E-state index in [4.69, 9.17) is 9.47 Å². The Balaban J connectivity index is 3.53. The molecule has 0 aliphatic rings. The lowest BCUT2D eigenvalue weighted by Gasteiger charge is -2.18. The van der Waals surface area contributed by atoms with Crippen LogP contribution >= 0.6 is 0 Å². The van der Waals surface area contributed by atoms with E-state index in [1.807, 2.05) is 6.92 Å². The van der Waals surface area contributed by atoms with Crippen LogP contribution in [0.25, 0.3) is 0 Å². The van der Waals surface area contributed by atoms with Crippen LogP contribution in [0.15, 0.2) is 0 Å². The van der Waals surface area contributed by atoms with Crippen LogP contribution in [0.5, 0.6) is 0 Å². The summed E-state index contributed by atoms with van der Waals surface area (Å²) in [7, 11) is 3.15. The largest absolute Gasteiger partial charge is 0.388 e. The lowest BCUT2D eigenvalue weighted by atomic mass is 10.2. The third-order valence-electron chi connectivity index (χ3n) is 1.47. The number of aliphatic hydroxyl groups excluding tert-OH is 1. The Morgan fingerprint density at radius 3 is 2.30 bits per heavy atom. The van der Waals surface area contributed by atoms with Gasteiger partial charge in [0.2, 0.25) is 0 Å². The van der Waals surface area contributed by atoms with Gasteiger partial charge in [-0.15, -0.1) is 0 Å². The van der Waals surface area contributed by atoms with Gasteiger partial charge in [-0.05, 0) is 6.42 Å². The number of ether oxygens (including phenoxy) is 2. The maximum absolute atomic E-state index is 9.26. The highest BCUT2D eigenvalue weighted by molar-refractivity contribution is 4.65. The number of aliphatic hydroxyl groups is 1. The molecule has 3 nitrogen and oxygen atoms in total. The van der Waals surface area contributed by atoms with Crippen molar-refractivity contribution in [3.8, 4) is 0 Å². The molecule has 0 rings (SSSR count). The summed E-state index contributed by atoms with van der Waals surface area (Å²) in [6.07, 6.45) is 0.209. The van der Waals surface area contributed by atoms with Crippen LogP contribution in [-0.4, -0.2) is 38.1 Å². The summed E-state index contributed by atoms with van der Waals surface area (Å²) in [6.45, 7) is 2.30. The third-order valence-corrected chi connectivity index (χ3v) is 1.47. The summed E-state index contributed by atoms with van der Waals surface area (Å²) in [4.78, 5) is 0. The zero-order valence-electron chi connectivity index (χ0n) is 6.83. The topological polar surface area (TPSA) is 38.7 Å². The fraction of sp³-hybridized carbons (Fsp3) is 1.00. The summed E-state index contributed by atoms with van der Waals surface area (Å²) in [5, 5.41) is 9.26. The van der Waals surface area contributed by atoms with Gasteiger partial charge in [-0.2, -0.15) is 0 Å². The molecule has 0 aromatic heterocycles. The maximum Gasteiger partial charge on any atom is 0.103 e. The summed E-state index contributed by atoms with van der Waals surface area (Å²) < 4.78 is 9.74. The van der Waals surface area contributed by atoms with E-state index in [-0.39, 0.29) is 6.10 Å². The van der Waals surface area contributed by atoms with Gasteiger partial charge >= 0.3 is 0 Å². The first-order valence-corrected chi connectivity index (χ1v) is 3.46. The molecule has 0 aliphatic carbocycles. The van der Waals surface area contributed by atoms with Crippen LogP contribution in [0.2, 0.25) is 0 Å². The Morgan fingerprint density at radius 1 is 1.40 bits per heavy atom. The molecule has 2 atom stereocenters. The van der Waals surface area contributed by atoms with Crippen LogP contribution in [-0.2, 0) is 9.47 Å². The predicted octanol–water partition coefficient (Wildman–Crippen LogP) is 0.419. The Morgan fingerprint density at radius 2 is 2.00 bits per heavy atom. The minimum absolute atomic E-state index is 0.0973. The van der Waals surface area contributed by atoms with Crippen molar-refractivity contribution < 1.29 is 14.6 Å². The van der Waals surface area contributed by atoms with Gasteiger partial charge < -0.3 is 14.6 Å². The Hall–Kier alpha value is -0.120. The maximum atomic E-state index is 9.26. The Labute approximate surface area is 62.0 Å². The molecule has 62 valence electrons. The monoisotopic (exact) mass is 148 g/mol. The van der Waals surface area contributed by atoms with Gasteiger partial charge in [0, 0.05) is 14.2 Å². The standard InChI is InChI=1S/C7H16O3/c1-4-7(10-3)6(8)5-9-2/h6-8H,4-5H2,1-3H3. The van der Waals surface area contributed by atoms with Crippen molar-refractivity contribution in [2.45, 2.75) is 25.6 Å². The van der Waals surface area contributed by atoms with E-state index in [0.717, 1.165) is 6.42 Å². The summed E-state index contributed by atoms with van der Waals surface area (Å²) >= 11 is 0. The van der Waals surface area contributed by atoms with E-state index in [1.54, 1.807) is 14.2 Å². The summed E-state index contributed by atoms with van der Waals surface area (Å²) in [5.74, 6) is 0. The quantitative estimate of drug-likeness (QED) is 0.614. The molecule has 0 spiro atoms. The minimum atomic E-state index is -0.500. The van der Waals surface area contributed by atoms with E-state index >= 15 is 0 Å². The number of rotatable bonds is 5. The minimum Gasteiger partial charge on any atom is -0.388 e. The van der Waals surface area contributed by atoms with E-state index in [1.165, 1.54) is 0 Å². The molecule has 0 aromatic rings. The first kappa shape index (κ1) is 9.88. The van der Waals surface area contributed by atoms with Crippen molar-refractivity contribution in [2.24, 2.45) is 0 Å². The smallest absolute Gasteiger partial charge is 0.103 e. The number of methoxy groups -OCH3 is 2. The Kier molecular flexibility index (Phi) is 5.58. The lowest BCUT2D eigenvalue weighted by Crippen LogP contribution is -2.31. The molecule has 2 unspecified atom stereocenters. The molecule has 0 fully saturated rings. The van der Waals surface area contributed by atoms with Gasteiger partial charge in [0.1, 0.15) is 6.10 Å². The van der Waals surface area contributed by atoms with E-state index in [0.29, 0.717) is 6.61 Å². The molecular formula is C7H16O3. The van der Waals surface area contributed by atoms with Gasteiger partial charge in [-0.3, -0.25) is 0 Å². The molecule has 10 heavy (non-hydrogen) atoms. The molecule has 0 saturated carbocycles. The Bertz CT molecular complexity index is 71.3. The van der Waals surface area contributed by atoms with Crippen LogP contribution in [0.4, 0.5) is 0 Å². The third kappa shape index (κ3) is 3.15. The number of hydrogen-bond acceptors (Lipinski definition) is 3. The van der Waals surface area contributed by atoms with Gasteiger partial charge in [0.25, 0.3) is 0 Å². The molecule has 0 heterocycles. The van der Waals surface area contributed by atoms with Gasteiger partial charge in [0.15, 0.2) is 0 Å². The molecular weight excluding hydrogens is 132 g/mol. The number of hydrogen-bond donors (Lipinski definition) is 1. The highest BCUT2D eigenvalue weighted by atomic mass is 16.5. The predicted molar refractivity (Wildman–Crippen MR) is 39.0 cm³/mol. The van der Waals surface area contributed by atoms with Crippen LogP contribution < -0.4 is 0 Å². The van der Waals surface area contributed by atoms with Crippen molar-refractivity contribution in [1.29, 1.82) is 0 Å². The fourth-order valence-corrected chi connectivity index (χ4v) is 0.874. The highest BCUT2D eigenvalue weighted by Crippen LogP contribution is 2.02. The molecule has 0 radical (unpaired) electrons. The second kappa shape index (κ2) is 5.65. The lowest BCUT2D eigenvalue weighted by molar-refractivity contribution is -0.0476. The molecule has 0 bridgehead atoms. The molecule has 0 aliphatic heterocycles. The molecule has 0 aromatic carbocycles. The van der Waals surface area contributed by atoms with Gasteiger partial charge in [0.05, 0.1) is 12.7 Å². The van der Waals surface area contributed by atoms with Crippen molar-refractivity contribution in [3.63, 3.8) is 0 Å². The molecule has 0 saturated heterocycles. The van der Waals surface area contributed by atoms with E-state index in [9.17, 15) is 5.11 Å². The van der Waals surface area contributed by atoms with Crippen LogP contribution in [0.3, 0.4) is 0 Å². The van der Waals surface area contributed by atoms with Crippen molar-refractivity contribution >= 4 is 0 Å². The van der Waals surface area contributed by atoms with Gasteiger partial charge in [-0.1, -0.05) is 6.92 Å². The van der Waals surface area contributed by atoms with Crippen LogP contribution in [0.1, 0.15) is 13.3 Å². The zero-order valence-corrected chi connectivity index (χ0v) is 6.83. The van der Waals surface area contributed by atoms with E-state index < -0.39 is 6.10 Å². The highest BCUT2D eigenvalue weighted by Gasteiger charge is 2.15. The normalized spacial score (nSPS) is 16.8. The zero-order chi connectivity index (χ0) is 7.98. The average molecular weight is 148 g/mol. The van der Waals surface area contributed by atoms with Crippen LogP contribution in [0, 0.1) is 0 Å². The van der Waals surface area contributed by atoms with E-state index in [2.05, 4.69) is 0 Å². The molecule has 0 amide bonds. The fourth-order valence-electron chi connectivity index (χ4n) is 0.874. The molecule has 1 N–H and O–H groups in total. The van der Waals surface area contributed by atoms with Crippen molar-refractivity contribution in [2.75, 3.05) is 20.8 Å². The second-order valence-corrected chi connectivity index (χ2v) is 2.21. The summed E-state index contributed by atoms with van der Waals surface area (Å²) in [5.41, 5.74) is 0. The average Bonchev–Trinajstić information content (AvgIpc) is 1.91. The first-order chi connectivity index (χ1) is 4.76. The van der Waals surface area contributed by atoms with Crippen molar-refractivity contribution in [3.05, 3.63) is 0 Å². The first-order valence-electron chi connectivity index (χ1n) is 3.46. The van der Waals surface area contributed by atoms with Gasteiger partial charge in [-0.25, -0.2) is 0 Å². The SMILES string of the molecule is CCC(OC)C(O)COC. The molecule has 3 heteroatoms. The summed E-state index contributed by atoms with van der Waals surface area (Å²) in [6, 6.07) is 0. The van der Waals surface area contributed by atoms with Crippen molar-refractivity contribution in [1.82, 2.24) is 0 Å². The second-order valence-electron chi connectivity index (χ2n) is 2.21.